The van der Waals surface area contributed by atoms with Crippen LogP contribution >= 0.6 is 0 Å². The van der Waals surface area contributed by atoms with Gasteiger partial charge in [-0.25, -0.2) is 13.6 Å². The monoisotopic (exact) mass is 321 g/mol. The molecule has 0 amide bonds. The SMILES string of the molecule is CCOC(=O)c1cc(C2CC2)c2c(C=O)c(F)c(F)cn2c1=O. The molecule has 0 N–H and O–H groups in total. The van der Waals surface area contributed by atoms with Gasteiger partial charge < -0.3 is 4.74 Å². The summed E-state index contributed by atoms with van der Waals surface area (Å²) in [7, 11) is 0. The topological polar surface area (TPSA) is 64.8 Å². The van der Waals surface area contributed by atoms with Crippen molar-refractivity contribution in [1.82, 2.24) is 4.40 Å². The van der Waals surface area contributed by atoms with Crippen LogP contribution in [0.4, 0.5) is 8.78 Å². The van der Waals surface area contributed by atoms with Crippen molar-refractivity contribution in [3.63, 3.8) is 0 Å². The van der Waals surface area contributed by atoms with Gasteiger partial charge >= 0.3 is 5.97 Å². The molecule has 1 fully saturated rings. The van der Waals surface area contributed by atoms with Crippen LogP contribution in [0.5, 0.6) is 0 Å². The maximum absolute atomic E-state index is 13.9. The molecule has 2 aromatic rings. The number of hydrogen-bond donors (Lipinski definition) is 0. The molecule has 0 aliphatic heterocycles. The van der Waals surface area contributed by atoms with Gasteiger partial charge in [0.15, 0.2) is 17.9 Å². The highest BCUT2D eigenvalue weighted by atomic mass is 19.2. The summed E-state index contributed by atoms with van der Waals surface area (Å²) < 4.78 is 33.2. The second-order valence-electron chi connectivity index (χ2n) is 5.35. The molecule has 2 aromatic heterocycles. The maximum Gasteiger partial charge on any atom is 0.343 e. The van der Waals surface area contributed by atoms with Crippen LogP contribution in [0.1, 0.15) is 52.0 Å². The zero-order valence-corrected chi connectivity index (χ0v) is 12.3. The molecule has 7 heteroatoms. The van der Waals surface area contributed by atoms with Crippen LogP contribution in [0.15, 0.2) is 17.1 Å². The predicted octanol–water partition coefficient (Wildman–Crippen LogP) is 2.44. The van der Waals surface area contributed by atoms with Gasteiger partial charge in [0.2, 0.25) is 0 Å². The van der Waals surface area contributed by atoms with Crippen LogP contribution in [0, 0.1) is 11.6 Å². The van der Waals surface area contributed by atoms with E-state index in [4.69, 9.17) is 4.74 Å². The third kappa shape index (κ3) is 2.42. The molecule has 1 saturated carbocycles. The summed E-state index contributed by atoms with van der Waals surface area (Å²) in [4.78, 5) is 35.6. The van der Waals surface area contributed by atoms with Crippen molar-refractivity contribution in [2.75, 3.05) is 6.61 Å². The third-order valence-corrected chi connectivity index (χ3v) is 3.84. The summed E-state index contributed by atoms with van der Waals surface area (Å²) in [6, 6.07) is 1.33. The zero-order chi connectivity index (χ0) is 16.7. The number of carbonyl (C=O) groups excluding carboxylic acids is 2. The first-order chi connectivity index (χ1) is 11.0. The Morgan fingerprint density at radius 1 is 1.43 bits per heavy atom. The van der Waals surface area contributed by atoms with Gasteiger partial charge in [-0.15, -0.1) is 0 Å². The van der Waals surface area contributed by atoms with Gasteiger partial charge in [-0.3, -0.25) is 14.0 Å². The Morgan fingerprint density at radius 2 is 2.13 bits per heavy atom. The van der Waals surface area contributed by atoms with E-state index >= 15 is 0 Å². The molecule has 0 saturated heterocycles. The van der Waals surface area contributed by atoms with Crippen LogP contribution in [-0.4, -0.2) is 23.3 Å². The lowest BCUT2D eigenvalue weighted by atomic mass is 10.0. The highest BCUT2D eigenvalue weighted by molar-refractivity contribution is 5.93. The quantitative estimate of drug-likeness (QED) is 0.641. The van der Waals surface area contributed by atoms with E-state index in [0.717, 1.165) is 17.2 Å². The summed E-state index contributed by atoms with van der Waals surface area (Å²) >= 11 is 0. The van der Waals surface area contributed by atoms with Crippen LogP contribution in [0.25, 0.3) is 5.52 Å². The second kappa shape index (κ2) is 5.57. The van der Waals surface area contributed by atoms with Gasteiger partial charge in [0.05, 0.1) is 23.9 Å². The van der Waals surface area contributed by atoms with Crippen LogP contribution in [0.2, 0.25) is 0 Å². The fourth-order valence-corrected chi connectivity index (χ4v) is 2.64. The van der Waals surface area contributed by atoms with Crippen molar-refractivity contribution < 1.29 is 23.1 Å². The normalized spacial score (nSPS) is 14.0. The second-order valence-corrected chi connectivity index (χ2v) is 5.35. The number of fused-ring (bicyclic) bond motifs is 1. The molecule has 0 bridgehead atoms. The minimum absolute atomic E-state index is 0.00216. The van der Waals surface area contributed by atoms with Gasteiger partial charge in [-0.05, 0) is 37.3 Å². The Bertz CT molecular complexity index is 884. The minimum Gasteiger partial charge on any atom is -0.462 e. The van der Waals surface area contributed by atoms with Crippen molar-refractivity contribution in [2.45, 2.75) is 25.7 Å². The Balaban J connectivity index is 2.42. The van der Waals surface area contributed by atoms with Crippen molar-refractivity contribution in [3.8, 4) is 0 Å². The lowest BCUT2D eigenvalue weighted by Crippen LogP contribution is -2.26. The fourth-order valence-electron chi connectivity index (χ4n) is 2.64. The highest BCUT2D eigenvalue weighted by Crippen LogP contribution is 2.42. The standard InChI is InChI=1S/C16H13F2NO4/c1-2-23-16(22)10-5-9(8-3-4-8)14-11(7-20)13(18)12(17)6-19(14)15(10)21/h5-8H,2-4H2,1H3. The number of hydrogen-bond acceptors (Lipinski definition) is 4. The van der Waals surface area contributed by atoms with E-state index in [1.54, 1.807) is 6.92 Å². The smallest absolute Gasteiger partial charge is 0.343 e. The van der Waals surface area contributed by atoms with Gasteiger partial charge in [0.25, 0.3) is 5.56 Å². The molecule has 0 unspecified atom stereocenters. The zero-order valence-electron chi connectivity index (χ0n) is 12.3. The number of carbonyl (C=O) groups is 2. The lowest BCUT2D eigenvalue weighted by Gasteiger charge is -2.13. The number of pyridine rings is 2. The molecule has 1 aliphatic carbocycles. The Hall–Kier alpha value is -2.57. The fraction of sp³-hybridized carbons (Fsp3) is 0.312. The molecule has 1 aliphatic rings. The molecule has 120 valence electrons. The average Bonchev–Trinajstić information content (AvgIpc) is 3.35. The minimum atomic E-state index is -1.33. The molecular formula is C16H13F2NO4. The molecular weight excluding hydrogens is 308 g/mol. The van der Waals surface area contributed by atoms with Crippen molar-refractivity contribution >= 4 is 17.8 Å². The first-order valence-corrected chi connectivity index (χ1v) is 7.19. The van der Waals surface area contributed by atoms with E-state index in [9.17, 15) is 23.2 Å². The third-order valence-electron chi connectivity index (χ3n) is 3.84. The summed E-state index contributed by atoms with van der Waals surface area (Å²) in [5.41, 5.74) is -1.12. The Labute approximate surface area is 129 Å². The molecule has 0 radical (unpaired) electrons. The van der Waals surface area contributed by atoms with Crippen molar-refractivity contribution in [2.24, 2.45) is 0 Å². The lowest BCUT2D eigenvalue weighted by molar-refractivity contribution is 0.0524. The molecule has 0 spiro atoms. The number of aldehydes is 1. The predicted molar refractivity (Wildman–Crippen MR) is 76.9 cm³/mol. The summed E-state index contributed by atoms with van der Waals surface area (Å²) in [6.07, 6.45) is 2.42. The van der Waals surface area contributed by atoms with E-state index in [1.165, 1.54) is 6.07 Å². The van der Waals surface area contributed by atoms with Crippen LogP contribution in [0.3, 0.4) is 0 Å². The van der Waals surface area contributed by atoms with Crippen molar-refractivity contribution in [3.05, 3.63) is 50.9 Å². The number of rotatable bonds is 4. The molecule has 0 aromatic carbocycles. The molecule has 2 heterocycles. The van der Waals surface area contributed by atoms with Gasteiger partial charge in [0.1, 0.15) is 5.56 Å². The molecule has 23 heavy (non-hydrogen) atoms. The van der Waals surface area contributed by atoms with E-state index in [0.29, 0.717) is 11.8 Å². The van der Waals surface area contributed by atoms with E-state index in [2.05, 4.69) is 0 Å². The summed E-state index contributed by atoms with van der Waals surface area (Å²) in [5, 5.41) is 0. The number of aromatic nitrogens is 1. The summed E-state index contributed by atoms with van der Waals surface area (Å²) in [5.74, 6) is -3.46. The Kier molecular flexibility index (Phi) is 3.71. The Morgan fingerprint density at radius 3 is 2.70 bits per heavy atom. The highest BCUT2D eigenvalue weighted by Gasteiger charge is 2.31. The van der Waals surface area contributed by atoms with E-state index in [1.807, 2.05) is 0 Å². The van der Waals surface area contributed by atoms with Gasteiger partial charge in [0, 0.05) is 0 Å². The first-order valence-electron chi connectivity index (χ1n) is 7.19. The first kappa shape index (κ1) is 15.3. The van der Waals surface area contributed by atoms with Gasteiger partial charge in [-0.2, -0.15) is 0 Å². The summed E-state index contributed by atoms with van der Waals surface area (Å²) in [6.45, 7) is 1.68. The van der Waals surface area contributed by atoms with E-state index < -0.39 is 28.7 Å². The van der Waals surface area contributed by atoms with Crippen molar-refractivity contribution in [1.29, 1.82) is 0 Å². The number of esters is 1. The average molecular weight is 321 g/mol. The number of ether oxygens (including phenoxy) is 1. The van der Waals surface area contributed by atoms with Gasteiger partial charge in [-0.1, -0.05) is 0 Å². The molecule has 0 atom stereocenters. The number of halogens is 2. The molecule has 5 nitrogen and oxygen atoms in total. The maximum atomic E-state index is 13.9. The number of nitrogens with zero attached hydrogens (tertiary/aromatic N) is 1. The van der Waals surface area contributed by atoms with E-state index in [-0.39, 0.29) is 29.9 Å². The van der Waals surface area contributed by atoms with Crippen LogP contribution < -0.4 is 5.56 Å². The largest absolute Gasteiger partial charge is 0.462 e. The van der Waals surface area contributed by atoms with Crippen LogP contribution in [-0.2, 0) is 4.74 Å². The molecule has 3 rings (SSSR count).